The number of aryl methyl sites for hydroxylation is 1. The van der Waals surface area contributed by atoms with Crippen molar-refractivity contribution in [2.24, 2.45) is 0 Å². The molecule has 6 rings (SSSR count). The van der Waals surface area contributed by atoms with E-state index in [-0.39, 0.29) is 0 Å². The molecule has 6 heteroatoms. The van der Waals surface area contributed by atoms with Gasteiger partial charge in [0.15, 0.2) is 5.69 Å². The lowest BCUT2D eigenvalue weighted by molar-refractivity contribution is 0.151. The Kier molecular flexibility index (Phi) is 5.33. The summed E-state index contributed by atoms with van der Waals surface area (Å²) in [5.41, 5.74) is 5.54. The highest BCUT2D eigenvalue weighted by Crippen LogP contribution is 2.45. The Balaban J connectivity index is 1.19. The molecule has 0 bridgehead atoms. The van der Waals surface area contributed by atoms with Gasteiger partial charge in [-0.05, 0) is 61.3 Å². The van der Waals surface area contributed by atoms with Crippen LogP contribution >= 0.6 is 0 Å². The molecule has 2 fully saturated rings. The number of aliphatic hydroxyl groups is 1. The predicted octanol–water partition coefficient (Wildman–Crippen LogP) is 5.99. The zero-order valence-electron chi connectivity index (χ0n) is 19.6. The first kappa shape index (κ1) is 21.3. The molecular formula is C28H30N4O2. The van der Waals surface area contributed by atoms with E-state index in [1.807, 2.05) is 29.8 Å². The third-order valence-corrected chi connectivity index (χ3v) is 7.39. The molecule has 1 N–H and O–H groups in total. The topological polar surface area (TPSA) is 77.0 Å². The normalized spacial score (nSPS) is 17.7. The summed E-state index contributed by atoms with van der Waals surface area (Å²) in [6.45, 7) is 2.65. The average molecular weight is 455 g/mol. The van der Waals surface area contributed by atoms with Gasteiger partial charge in [0.1, 0.15) is 0 Å². The van der Waals surface area contributed by atoms with Gasteiger partial charge in [-0.1, -0.05) is 73.0 Å². The Morgan fingerprint density at radius 3 is 2.59 bits per heavy atom. The lowest BCUT2D eigenvalue weighted by atomic mass is 9.84. The van der Waals surface area contributed by atoms with Crippen molar-refractivity contribution >= 4 is 0 Å². The third kappa shape index (κ3) is 4.18. The second kappa shape index (κ2) is 8.51. The number of hydrogen-bond donors (Lipinski definition) is 1. The Morgan fingerprint density at radius 2 is 1.82 bits per heavy atom. The predicted molar refractivity (Wildman–Crippen MR) is 130 cm³/mol. The van der Waals surface area contributed by atoms with Crippen LogP contribution in [-0.2, 0) is 12.1 Å². The number of rotatable bonds is 6. The van der Waals surface area contributed by atoms with Gasteiger partial charge in [-0.25, -0.2) is 0 Å². The second-order valence-electron chi connectivity index (χ2n) is 9.94. The van der Waals surface area contributed by atoms with Gasteiger partial charge in [-0.3, -0.25) is 4.68 Å². The van der Waals surface area contributed by atoms with Crippen molar-refractivity contribution in [1.82, 2.24) is 19.9 Å². The number of aromatic nitrogens is 4. The Labute approximate surface area is 199 Å². The van der Waals surface area contributed by atoms with Gasteiger partial charge in [0, 0.05) is 11.3 Å². The molecule has 0 aliphatic heterocycles. The van der Waals surface area contributed by atoms with Crippen molar-refractivity contribution in [2.75, 3.05) is 0 Å². The average Bonchev–Trinajstić information content (AvgIpc) is 3.27. The van der Waals surface area contributed by atoms with E-state index in [0.29, 0.717) is 29.9 Å². The van der Waals surface area contributed by atoms with Crippen LogP contribution in [0.4, 0.5) is 0 Å². The van der Waals surface area contributed by atoms with E-state index >= 15 is 0 Å². The maximum atomic E-state index is 10.4. The molecular weight excluding hydrogens is 424 g/mol. The highest BCUT2D eigenvalue weighted by Gasteiger charge is 2.42. The van der Waals surface area contributed by atoms with Crippen molar-refractivity contribution in [1.29, 1.82) is 0 Å². The Bertz CT molecular complexity index is 1290. The van der Waals surface area contributed by atoms with E-state index in [9.17, 15) is 5.11 Å². The molecule has 0 radical (unpaired) electrons. The molecule has 174 valence electrons. The highest BCUT2D eigenvalue weighted by atomic mass is 16.5. The second-order valence-corrected chi connectivity index (χ2v) is 9.94. The molecule has 2 aliphatic carbocycles. The Hall–Kier alpha value is -3.25. The Morgan fingerprint density at radius 1 is 1.03 bits per heavy atom. The van der Waals surface area contributed by atoms with Crippen molar-refractivity contribution in [2.45, 2.75) is 69.9 Å². The quantitative estimate of drug-likeness (QED) is 0.387. The standard InChI is InChI=1S/C28H30N4O2/c1-19-16-25(30-32(19)18-20-6-5-9-24(17-20)28(33)14-15-28)27-29-26(31-34-27)23-12-10-22(11-13-23)21-7-3-2-4-8-21/h5-6,9-13,16-17,21,33H,2-4,7-8,14-15,18H2,1H3. The minimum atomic E-state index is -0.630. The van der Waals surface area contributed by atoms with Crippen LogP contribution in [0, 0.1) is 6.92 Å². The van der Waals surface area contributed by atoms with E-state index in [0.717, 1.165) is 35.2 Å². The first-order chi connectivity index (χ1) is 16.6. The maximum absolute atomic E-state index is 10.4. The van der Waals surface area contributed by atoms with E-state index in [2.05, 4.69) is 46.5 Å². The largest absolute Gasteiger partial charge is 0.385 e. The number of hydrogen-bond acceptors (Lipinski definition) is 5. The maximum Gasteiger partial charge on any atom is 0.278 e. The minimum Gasteiger partial charge on any atom is -0.385 e. The molecule has 0 atom stereocenters. The molecule has 4 aromatic rings. The summed E-state index contributed by atoms with van der Waals surface area (Å²) in [7, 11) is 0. The van der Waals surface area contributed by atoms with Gasteiger partial charge in [0.25, 0.3) is 5.89 Å². The highest BCUT2D eigenvalue weighted by molar-refractivity contribution is 5.58. The van der Waals surface area contributed by atoms with Crippen molar-refractivity contribution in [3.8, 4) is 23.0 Å². The third-order valence-electron chi connectivity index (χ3n) is 7.39. The van der Waals surface area contributed by atoms with Crippen LogP contribution in [0.5, 0.6) is 0 Å². The molecule has 6 nitrogen and oxygen atoms in total. The van der Waals surface area contributed by atoms with Gasteiger partial charge in [0.05, 0.1) is 12.1 Å². The fraction of sp³-hybridized carbons (Fsp3) is 0.393. The van der Waals surface area contributed by atoms with E-state index in [4.69, 9.17) is 9.62 Å². The van der Waals surface area contributed by atoms with Crippen molar-refractivity contribution in [3.05, 3.63) is 77.0 Å². The summed E-state index contributed by atoms with van der Waals surface area (Å²) in [5.74, 6) is 1.69. The van der Waals surface area contributed by atoms with Crippen LogP contribution < -0.4 is 0 Å². The summed E-state index contributed by atoms with van der Waals surface area (Å²) in [4.78, 5) is 4.62. The van der Waals surface area contributed by atoms with Crippen LogP contribution in [0.15, 0.2) is 59.1 Å². The fourth-order valence-electron chi connectivity index (χ4n) is 5.10. The lowest BCUT2D eigenvalue weighted by Gasteiger charge is -2.21. The summed E-state index contributed by atoms with van der Waals surface area (Å²) in [5, 5.41) is 19.4. The van der Waals surface area contributed by atoms with Crippen LogP contribution in [0.25, 0.3) is 23.0 Å². The fourth-order valence-corrected chi connectivity index (χ4v) is 5.10. The van der Waals surface area contributed by atoms with Crippen LogP contribution in [0.2, 0.25) is 0 Å². The van der Waals surface area contributed by atoms with Crippen molar-refractivity contribution in [3.63, 3.8) is 0 Å². The van der Waals surface area contributed by atoms with Gasteiger partial charge < -0.3 is 9.63 Å². The molecule has 2 heterocycles. The molecule has 2 aliphatic rings. The van der Waals surface area contributed by atoms with Gasteiger partial charge in [0.2, 0.25) is 5.82 Å². The van der Waals surface area contributed by atoms with Gasteiger partial charge in [-0.15, -0.1) is 0 Å². The zero-order chi connectivity index (χ0) is 23.1. The summed E-state index contributed by atoms with van der Waals surface area (Å²) >= 11 is 0. The van der Waals surface area contributed by atoms with Gasteiger partial charge >= 0.3 is 0 Å². The van der Waals surface area contributed by atoms with E-state index in [1.165, 1.54) is 37.7 Å². The molecule has 2 saturated carbocycles. The SMILES string of the molecule is Cc1cc(-c2nc(-c3ccc(C4CCCCC4)cc3)no2)nn1Cc1cccc(C2(O)CC2)c1. The first-order valence-corrected chi connectivity index (χ1v) is 12.4. The molecule has 34 heavy (non-hydrogen) atoms. The molecule has 2 aromatic carbocycles. The van der Waals surface area contributed by atoms with Crippen LogP contribution in [0.1, 0.15) is 73.2 Å². The van der Waals surface area contributed by atoms with Crippen LogP contribution in [0.3, 0.4) is 0 Å². The first-order valence-electron chi connectivity index (χ1n) is 12.4. The summed E-state index contributed by atoms with van der Waals surface area (Å²) in [6, 6.07) is 18.8. The summed E-state index contributed by atoms with van der Waals surface area (Å²) < 4.78 is 7.51. The van der Waals surface area contributed by atoms with Gasteiger partial charge in [-0.2, -0.15) is 10.1 Å². The minimum absolute atomic E-state index is 0.425. The molecule has 0 spiro atoms. The van der Waals surface area contributed by atoms with E-state index in [1.54, 1.807) is 0 Å². The number of benzene rings is 2. The smallest absolute Gasteiger partial charge is 0.278 e. The van der Waals surface area contributed by atoms with Crippen molar-refractivity contribution < 1.29 is 9.63 Å². The monoisotopic (exact) mass is 454 g/mol. The molecule has 0 unspecified atom stereocenters. The molecule has 0 amide bonds. The lowest BCUT2D eigenvalue weighted by Crippen LogP contribution is -2.07. The zero-order valence-corrected chi connectivity index (χ0v) is 19.6. The van der Waals surface area contributed by atoms with Crippen LogP contribution in [-0.4, -0.2) is 25.0 Å². The van der Waals surface area contributed by atoms with E-state index < -0.39 is 5.60 Å². The summed E-state index contributed by atoms with van der Waals surface area (Å²) in [6.07, 6.45) is 8.29. The molecule has 2 aromatic heterocycles. The molecule has 0 saturated heterocycles. The number of nitrogens with zero attached hydrogens (tertiary/aromatic N) is 4.